The van der Waals surface area contributed by atoms with Crippen LogP contribution in [0.15, 0.2) is 30.3 Å². The summed E-state index contributed by atoms with van der Waals surface area (Å²) in [6.07, 6.45) is -4.35. The molecule has 0 bridgehead atoms. The molecule has 8 heteroatoms. The highest BCUT2D eigenvalue weighted by Gasteiger charge is 2.30. The van der Waals surface area contributed by atoms with E-state index in [4.69, 9.17) is 0 Å². The number of aromatic nitrogens is 3. The van der Waals surface area contributed by atoms with Crippen LogP contribution < -0.4 is 5.32 Å². The molecular formula is C16H15F3N4O. The maximum atomic E-state index is 12.6. The number of rotatable bonds is 3. The fraction of sp³-hybridized carbons (Fsp3) is 0.250. The summed E-state index contributed by atoms with van der Waals surface area (Å²) in [5.74, 6) is -0.252. The number of nitrogens with one attached hydrogen (secondary N) is 2. The smallest absolute Gasteiger partial charge is 0.339 e. The summed E-state index contributed by atoms with van der Waals surface area (Å²) >= 11 is 0. The van der Waals surface area contributed by atoms with Gasteiger partial charge in [-0.05, 0) is 32.0 Å². The minimum absolute atomic E-state index is 0.192. The molecule has 0 aliphatic carbocycles. The van der Waals surface area contributed by atoms with Crippen LogP contribution in [-0.4, -0.2) is 26.6 Å². The summed E-state index contributed by atoms with van der Waals surface area (Å²) in [4.78, 5) is 19.5. The molecule has 0 spiro atoms. The molecule has 3 aromatic rings. The lowest BCUT2D eigenvalue weighted by molar-refractivity contribution is -0.141. The average molecular weight is 336 g/mol. The number of alkyl halides is 3. The van der Waals surface area contributed by atoms with Gasteiger partial charge in [-0.2, -0.15) is 13.2 Å². The molecule has 126 valence electrons. The van der Waals surface area contributed by atoms with Crippen molar-refractivity contribution in [1.29, 1.82) is 0 Å². The van der Waals surface area contributed by atoms with Crippen molar-refractivity contribution in [3.05, 3.63) is 47.3 Å². The first-order valence-electron chi connectivity index (χ1n) is 7.24. The monoisotopic (exact) mass is 336 g/mol. The molecule has 0 aliphatic heterocycles. The highest BCUT2D eigenvalue weighted by Crippen LogP contribution is 2.23. The maximum Gasteiger partial charge on any atom is 0.406 e. The van der Waals surface area contributed by atoms with Gasteiger partial charge < -0.3 is 9.55 Å². The molecule has 2 N–H and O–H groups in total. The number of anilines is 1. The molecule has 24 heavy (non-hydrogen) atoms. The van der Waals surface area contributed by atoms with Gasteiger partial charge in [-0.3, -0.25) is 10.1 Å². The Morgan fingerprint density at radius 3 is 2.67 bits per heavy atom. The lowest BCUT2D eigenvalue weighted by Crippen LogP contribution is -2.20. The summed E-state index contributed by atoms with van der Waals surface area (Å²) in [6, 6.07) is 8.69. The van der Waals surface area contributed by atoms with Crippen molar-refractivity contribution >= 4 is 22.9 Å². The van der Waals surface area contributed by atoms with Crippen molar-refractivity contribution in [1.82, 2.24) is 14.5 Å². The molecule has 1 amide bonds. The molecular weight excluding hydrogens is 321 g/mol. The Balaban J connectivity index is 1.86. The van der Waals surface area contributed by atoms with E-state index in [1.807, 2.05) is 18.2 Å². The topological polar surface area (TPSA) is 62.7 Å². The van der Waals surface area contributed by atoms with Crippen LogP contribution in [0.2, 0.25) is 0 Å². The minimum Gasteiger partial charge on any atom is -0.339 e. The van der Waals surface area contributed by atoms with Crippen molar-refractivity contribution in [2.24, 2.45) is 0 Å². The Morgan fingerprint density at radius 1 is 1.29 bits per heavy atom. The number of H-pyrrole nitrogens is 1. The van der Waals surface area contributed by atoms with E-state index in [1.165, 1.54) is 19.9 Å². The molecule has 0 unspecified atom stereocenters. The van der Waals surface area contributed by atoms with E-state index in [2.05, 4.69) is 15.3 Å². The number of benzene rings is 1. The summed E-state index contributed by atoms with van der Waals surface area (Å²) in [5, 5.41) is 2.59. The molecule has 0 radical (unpaired) electrons. The number of aromatic amines is 1. The molecule has 3 rings (SSSR count). The Kier molecular flexibility index (Phi) is 3.82. The number of fused-ring (bicyclic) bond motifs is 1. The van der Waals surface area contributed by atoms with Crippen LogP contribution >= 0.6 is 0 Å². The van der Waals surface area contributed by atoms with Gasteiger partial charge in [-0.25, -0.2) is 4.98 Å². The van der Waals surface area contributed by atoms with Crippen LogP contribution in [0.25, 0.3) is 11.0 Å². The first-order valence-corrected chi connectivity index (χ1v) is 7.24. The van der Waals surface area contributed by atoms with Gasteiger partial charge in [0.25, 0.3) is 5.91 Å². The van der Waals surface area contributed by atoms with Gasteiger partial charge in [-0.1, -0.05) is 12.1 Å². The molecule has 0 fully saturated rings. The van der Waals surface area contributed by atoms with Crippen LogP contribution in [-0.2, 0) is 6.54 Å². The first-order chi connectivity index (χ1) is 11.2. The molecule has 2 aromatic heterocycles. The number of hydrogen-bond donors (Lipinski definition) is 2. The Morgan fingerprint density at radius 2 is 2.00 bits per heavy atom. The highest BCUT2D eigenvalue weighted by molar-refractivity contribution is 6.05. The van der Waals surface area contributed by atoms with E-state index >= 15 is 0 Å². The predicted molar refractivity (Wildman–Crippen MR) is 84.0 cm³/mol. The Hall–Kier alpha value is -2.77. The molecule has 0 atom stereocenters. The van der Waals surface area contributed by atoms with E-state index in [9.17, 15) is 18.0 Å². The van der Waals surface area contributed by atoms with Crippen LogP contribution in [0.3, 0.4) is 0 Å². The van der Waals surface area contributed by atoms with Gasteiger partial charge in [-0.15, -0.1) is 0 Å². The zero-order chi connectivity index (χ0) is 17.5. The van der Waals surface area contributed by atoms with Gasteiger partial charge in [0.2, 0.25) is 5.95 Å². The third-order valence-electron chi connectivity index (χ3n) is 3.78. The number of carbonyl (C=O) groups excluding carboxylic acids is 1. The van der Waals surface area contributed by atoms with Gasteiger partial charge in [0.05, 0.1) is 16.6 Å². The van der Waals surface area contributed by atoms with E-state index in [-0.39, 0.29) is 17.2 Å². The summed E-state index contributed by atoms with van der Waals surface area (Å²) in [6.45, 7) is 1.91. The number of amides is 1. The quantitative estimate of drug-likeness (QED) is 0.764. The van der Waals surface area contributed by atoms with Gasteiger partial charge in [0.1, 0.15) is 6.54 Å². The van der Waals surface area contributed by atoms with Crippen molar-refractivity contribution in [3.8, 4) is 0 Å². The summed E-state index contributed by atoms with van der Waals surface area (Å²) < 4.78 is 39.0. The summed E-state index contributed by atoms with van der Waals surface area (Å²) in [5.41, 5.74) is 2.28. The molecule has 0 saturated carbocycles. The number of para-hydroxylation sites is 2. The standard InChI is InChI=1S/C16H15F3N4O/c1-9-7-11(10(2)23(9)8-16(17,18)19)14(24)22-15-20-12-5-3-4-6-13(12)21-15/h3-7H,8H2,1-2H3,(H2,20,21,22,24). The zero-order valence-corrected chi connectivity index (χ0v) is 13.0. The third kappa shape index (κ3) is 3.12. The van der Waals surface area contributed by atoms with Crippen LogP contribution in [0.1, 0.15) is 21.7 Å². The third-order valence-corrected chi connectivity index (χ3v) is 3.78. The van der Waals surface area contributed by atoms with E-state index in [0.29, 0.717) is 11.2 Å². The number of carbonyl (C=O) groups is 1. The van der Waals surface area contributed by atoms with E-state index in [1.54, 1.807) is 6.07 Å². The largest absolute Gasteiger partial charge is 0.406 e. The fourth-order valence-corrected chi connectivity index (χ4v) is 2.64. The molecule has 1 aromatic carbocycles. The SMILES string of the molecule is Cc1cc(C(=O)Nc2nc3ccccc3[nH]2)c(C)n1CC(F)(F)F. The Labute approximate surface area is 135 Å². The first kappa shape index (κ1) is 16.1. The molecule has 0 aliphatic rings. The van der Waals surface area contributed by atoms with Gasteiger partial charge in [0.15, 0.2) is 0 Å². The molecule has 2 heterocycles. The van der Waals surface area contributed by atoms with Crippen molar-refractivity contribution in [2.45, 2.75) is 26.6 Å². The van der Waals surface area contributed by atoms with Gasteiger partial charge in [0, 0.05) is 11.4 Å². The predicted octanol–water partition coefficient (Wildman–Crippen LogP) is 3.80. The number of halogens is 3. The number of hydrogen-bond acceptors (Lipinski definition) is 2. The van der Waals surface area contributed by atoms with Crippen molar-refractivity contribution in [2.75, 3.05) is 5.32 Å². The van der Waals surface area contributed by atoms with Crippen molar-refractivity contribution in [3.63, 3.8) is 0 Å². The highest BCUT2D eigenvalue weighted by atomic mass is 19.4. The van der Waals surface area contributed by atoms with Crippen LogP contribution in [0.4, 0.5) is 19.1 Å². The fourth-order valence-electron chi connectivity index (χ4n) is 2.64. The lowest BCUT2D eigenvalue weighted by atomic mass is 10.2. The molecule has 0 saturated heterocycles. The number of imidazole rings is 1. The maximum absolute atomic E-state index is 12.6. The normalized spacial score (nSPS) is 11.9. The number of aryl methyl sites for hydroxylation is 1. The lowest BCUT2D eigenvalue weighted by Gasteiger charge is -2.12. The average Bonchev–Trinajstić information content (AvgIpc) is 3.01. The van der Waals surface area contributed by atoms with Gasteiger partial charge >= 0.3 is 6.18 Å². The minimum atomic E-state index is -4.35. The Bertz CT molecular complexity index is 875. The summed E-state index contributed by atoms with van der Waals surface area (Å²) in [7, 11) is 0. The van der Waals surface area contributed by atoms with Crippen LogP contribution in [0.5, 0.6) is 0 Å². The van der Waals surface area contributed by atoms with Crippen molar-refractivity contribution < 1.29 is 18.0 Å². The van der Waals surface area contributed by atoms with Crippen LogP contribution in [0, 0.1) is 13.8 Å². The second-order valence-electron chi connectivity index (χ2n) is 5.54. The van der Waals surface area contributed by atoms with E-state index in [0.717, 1.165) is 10.1 Å². The second kappa shape index (κ2) is 5.70. The van der Waals surface area contributed by atoms with E-state index < -0.39 is 18.6 Å². The molecule has 5 nitrogen and oxygen atoms in total. The zero-order valence-electron chi connectivity index (χ0n) is 13.0. The number of nitrogens with zero attached hydrogens (tertiary/aromatic N) is 2. The second-order valence-corrected chi connectivity index (χ2v) is 5.54.